The van der Waals surface area contributed by atoms with Crippen LogP contribution in [-0.4, -0.2) is 49.0 Å². The minimum absolute atomic E-state index is 0.0183. The zero-order valence-corrected chi connectivity index (χ0v) is 11.4. The van der Waals surface area contributed by atoms with Crippen LogP contribution in [0.15, 0.2) is 18.3 Å². The quantitative estimate of drug-likeness (QED) is 0.799. The fraction of sp³-hybridized carbons (Fsp3) is 0.571. The van der Waals surface area contributed by atoms with E-state index in [1.165, 1.54) is 0 Å². The molecule has 1 fully saturated rings. The lowest BCUT2D eigenvalue weighted by molar-refractivity contribution is 0.0947. The molecule has 19 heavy (non-hydrogen) atoms. The lowest BCUT2D eigenvalue weighted by Gasteiger charge is -2.12. The number of hydrogen-bond acceptors (Lipinski definition) is 4. The summed E-state index contributed by atoms with van der Waals surface area (Å²) in [6.45, 7) is 3.48. The first kappa shape index (κ1) is 14.0. The summed E-state index contributed by atoms with van der Waals surface area (Å²) in [6, 6.07) is 3.57. The highest BCUT2D eigenvalue weighted by Gasteiger charge is 2.20. The van der Waals surface area contributed by atoms with Crippen LogP contribution in [0.4, 0.5) is 0 Å². The Hall–Kier alpha value is -1.46. The number of nitrogens with zero attached hydrogens (tertiary/aromatic N) is 2. The minimum Gasteiger partial charge on any atom is -0.352 e. The van der Waals surface area contributed by atoms with E-state index in [1.54, 1.807) is 12.3 Å². The van der Waals surface area contributed by atoms with Crippen molar-refractivity contribution in [2.45, 2.75) is 12.8 Å². The van der Waals surface area contributed by atoms with Crippen LogP contribution >= 0.6 is 0 Å². The van der Waals surface area contributed by atoms with Crippen molar-refractivity contribution in [1.82, 2.24) is 15.2 Å². The van der Waals surface area contributed by atoms with Crippen LogP contribution in [0.1, 0.15) is 22.5 Å². The molecule has 0 spiro atoms. The molecule has 104 valence electrons. The second-order valence-electron chi connectivity index (χ2n) is 5.20. The van der Waals surface area contributed by atoms with E-state index in [2.05, 4.69) is 22.2 Å². The molecule has 0 aliphatic carbocycles. The van der Waals surface area contributed by atoms with Crippen molar-refractivity contribution >= 4 is 5.91 Å². The van der Waals surface area contributed by atoms with Gasteiger partial charge in [-0.3, -0.25) is 9.78 Å². The van der Waals surface area contributed by atoms with Gasteiger partial charge in [-0.2, -0.15) is 0 Å². The molecule has 0 radical (unpaired) electrons. The number of amides is 1. The van der Waals surface area contributed by atoms with Gasteiger partial charge in [0.2, 0.25) is 0 Å². The van der Waals surface area contributed by atoms with Crippen molar-refractivity contribution < 1.29 is 4.79 Å². The highest BCUT2D eigenvalue weighted by Crippen LogP contribution is 2.13. The molecule has 0 saturated carbocycles. The maximum atomic E-state index is 12.1. The van der Waals surface area contributed by atoms with Gasteiger partial charge in [0.05, 0.1) is 0 Å². The molecule has 1 unspecified atom stereocenters. The molecule has 1 aliphatic rings. The Balaban J connectivity index is 1.87. The SMILES string of the molecule is CN1CCC(CNC(=O)c2ccnc(CCN)c2)C1. The third kappa shape index (κ3) is 4.01. The Labute approximate surface area is 114 Å². The van der Waals surface area contributed by atoms with Crippen LogP contribution in [0.2, 0.25) is 0 Å². The summed E-state index contributed by atoms with van der Waals surface area (Å²) < 4.78 is 0. The molecule has 1 aromatic heterocycles. The van der Waals surface area contributed by atoms with Gasteiger partial charge in [0.15, 0.2) is 0 Å². The van der Waals surface area contributed by atoms with E-state index in [4.69, 9.17) is 5.73 Å². The molecular formula is C14H22N4O. The normalized spacial score (nSPS) is 19.6. The first-order valence-corrected chi connectivity index (χ1v) is 6.81. The lowest BCUT2D eigenvalue weighted by Crippen LogP contribution is -2.30. The van der Waals surface area contributed by atoms with Crippen LogP contribution in [0.25, 0.3) is 0 Å². The number of likely N-dealkylation sites (tertiary alicyclic amines) is 1. The summed E-state index contributed by atoms with van der Waals surface area (Å²) in [5.41, 5.74) is 7.04. The molecule has 1 aromatic rings. The Morgan fingerprint density at radius 3 is 3.16 bits per heavy atom. The summed E-state index contributed by atoms with van der Waals surface area (Å²) in [7, 11) is 2.11. The van der Waals surface area contributed by atoms with Crippen LogP contribution < -0.4 is 11.1 Å². The Morgan fingerprint density at radius 1 is 1.63 bits per heavy atom. The van der Waals surface area contributed by atoms with Gasteiger partial charge < -0.3 is 16.0 Å². The molecule has 0 aromatic carbocycles. The molecule has 5 nitrogen and oxygen atoms in total. The Kier molecular flexibility index (Phi) is 4.87. The van der Waals surface area contributed by atoms with Gasteiger partial charge in [0, 0.05) is 37.0 Å². The number of nitrogens with two attached hydrogens (primary N) is 1. The van der Waals surface area contributed by atoms with Gasteiger partial charge in [-0.25, -0.2) is 0 Å². The smallest absolute Gasteiger partial charge is 0.251 e. The van der Waals surface area contributed by atoms with Crippen molar-refractivity contribution in [3.8, 4) is 0 Å². The van der Waals surface area contributed by atoms with Crippen molar-refractivity contribution in [3.63, 3.8) is 0 Å². The number of aromatic nitrogens is 1. The fourth-order valence-electron chi connectivity index (χ4n) is 2.44. The summed E-state index contributed by atoms with van der Waals surface area (Å²) in [6.07, 6.45) is 3.53. The highest BCUT2D eigenvalue weighted by atomic mass is 16.1. The van der Waals surface area contributed by atoms with Gasteiger partial charge in [-0.15, -0.1) is 0 Å². The zero-order valence-electron chi connectivity index (χ0n) is 11.4. The topological polar surface area (TPSA) is 71.2 Å². The van der Waals surface area contributed by atoms with Crippen LogP contribution in [-0.2, 0) is 6.42 Å². The molecule has 1 aliphatic heterocycles. The predicted molar refractivity (Wildman–Crippen MR) is 74.9 cm³/mol. The van der Waals surface area contributed by atoms with Crippen molar-refractivity contribution in [1.29, 1.82) is 0 Å². The van der Waals surface area contributed by atoms with Crippen LogP contribution in [0.5, 0.6) is 0 Å². The predicted octanol–water partition coefficient (Wildman–Crippen LogP) is 0.264. The average Bonchev–Trinajstić information content (AvgIpc) is 2.82. The van der Waals surface area contributed by atoms with Gasteiger partial charge in [-0.05, 0) is 44.6 Å². The number of carbonyl (C=O) groups excluding carboxylic acids is 1. The maximum absolute atomic E-state index is 12.1. The number of nitrogens with one attached hydrogen (secondary N) is 1. The van der Waals surface area contributed by atoms with E-state index in [-0.39, 0.29) is 5.91 Å². The molecule has 2 rings (SSSR count). The number of hydrogen-bond donors (Lipinski definition) is 2. The van der Waals surface area contributed by atoms with E-state index in [0.29, 0.717) is 24.4 Å². The molecule has 5 heteroatoms. The zero-order chi connectivity index (χ0) is 13.7. The summed E-state index contributed by atoms with van der Waals surface area (Å²) in [4.78, 5) is 18.5. The van der Waals surface area contributed by atoms with Crippen molar-refractivity contribution in [2.24, 2.45) is 11.7 Å². The van der Waals surface area contributed by atoms with E-state index >= 15 is 0 Å². The number of pyridine rings is 1. The number of carbonyl (C=O) groups is 1. The average molecular weight is 262 g/mol. The monoisotopic (exact) mass is 262 g/mol. The molecular weight excluding hydrogens is 240 g/mol. The van der Waals surface area contributed by atoms with Gasteiger partial charge in [0.1, 0.15) is 0 Å². The second kappa shape index (κ2) is 6.63. The van der Waals surface area contributed by atoms with E-state index in [9.17, 15) is 4.79 Å². The summed E-state index contributed by atoms with van der Waals surface area (Å²) in [5.74, 6) is 0.550. The first-order chi connectivity index (χ1) is 9.19. The Morgan fingerprint density at radius 2 is 2.47 bits per heavy atom. The summed E-state index contributed by atoms with van der Waals surface area (Å²) >= 11 is 0. The van der Waals surface area contributed by atoms with Crippen LogP contribution in [0.3, 0.4) is 0 Å². The van der Waals surface area contributed by atoms with Gasteiger partial charge >= 0.3 is 0 Å². The second-order valence-corrected chi connectivity index (χ2v) is 5.20. The maximum Gasteiger partial charge on any atom is 0.251 e. The van der Waals surface area contributed by atoms with Crippen LogP contribution in [0, 0.1) is 5.92 Å². The molecule has 2 heterocycles. The molecule has 1 atom stereocenters. The van der Waals surface area contributed by atoms with E-state index in [1.807, 2.05) is 6.07 Å². The van der Waals surface area contributed by atoms with E-state index in [0.717, 1.165) is 31.7 Å². The van der Waals surface area contributed by atoms with E-state index < -0.39 is 0 Å². The first-order valence-electron chi connectivity index (χ1n) is 6.81. The largest absolute Gasteiger partial charge is 0.352 e. The lowest BCUT2D eigenvalue weighted by atomic mass is 10.1. The Bertz CT molecular complexity index is 435. The molecule has 3 N–H and O–H groups in total. The van der Waals surface area contributed by atoms with Gasteiger partial charge in [-0.1, -0.05) is 0 Å². The fourth-order valence-corrected chi connectivity index (χ4v) is 2.44. The third-order valence-corrected chi connectivity index (χ3v) is 3.52. The minimum atomic E-state index is -0.0183. The highest BCUT2D eigenvalue weighted by molar-refractivity contribution is 5.94. The summed E-state index contributed by atoms with van der Waals surface area (Å²) in [5, 5.41) is 3.01. The van der Waals surface area contributed by atoms with Crippen molar-refractivity contribution in [2.75, 3.05) is 33.2 Å². The molecule has 1 saturated heterocycles. The molecule has 0 bridgehead atoms. The molecule has 1 amide bonds. The third-order valence-electron chi connectivity index (χ3n) is 3.52. The standard InChI is InChI=1S/C14H22N4O/c1-18-7-4-11(10-18)9-17-14(19)12-3-6-16-13(8-12)2-5-15/h3,6,8,11H,2,4-5,7,9-10,15H2,1H3,(H,17,19). The number of rotatable bonds is 5. The van der Waals surface area contributed by atoms with Gasteiger partial charge in [0.25, 0.3) is 5.91 Å². The van der Waals surface area contributed by atoms with Crippen molar-refractivity contribution in [3.05, 3.63) is 29.6 Å².